The zero-order valence-electron chi connectivity index (χ0n) is 14.1. The number of halogens is 1. The summed E-state index contributed by atoms with van der Waals surface area (Å²) < 4.78 is 40.1. The summed E-state index contributed by atoms with van der Waals surface area (Å²) in [6, 6.07) is 12.3. The molecular weight excluding hydrogens is 371 g/mol. The Balaban J connectivity index is 1.49. The van der Waals surface area contributed by atoms with Crippen LogP contribution >= 0.6 is 0 Å². The number of hydrogen-bond acceptors (Lipinski definition) is 7. The van der Waals surface area contributed by atoms with Gasteiger partial charge >= 0.3 is 0 Å². The molecule has 0 aliphatic heterocycles. The number of benzene rings is 1. The quantitative estimate of drug-likeness (QED) is 0.507. The van der Waals surface area contributed by atoms with Crippen molar-refractivity contribution in [2.75, 3.05) is 23.7 Å². The molecule has 0 unspecified atom stereocenters. The van der Waals surface area contributed by atoms with Crippen molar-refractivity contribution in [1.29, 1.82) is 0 Å². The largest absolute Gasteiger partial charge is 0.367 e. The molecule has 3 N–H and O–H groups in total. The second-order valence-corrected chi connectivity index (χ2v) is 7.16. The van der Waals surface area contributed by atoms with Gasteiger partial charge in [0.25, 0.3) is 0 Å². The molecular formula is C17H17FN6O2S. The van der Waals surface area contributed by atoms with E-state index in [1.165, 1.54) is 18.2 Å². The van der Waals surface area contributed by atoms with Crippen molar-refractivity contribution < 1.29 is 12.8 Å². The molecule has 0 aliphatic carbocycles. The highest BCUT2D eigenvalue weighted by Gasteiger charge is 2.17. The van der Waals surface area contributed by atoms with Crippen molar-refractivity contribution >= 4 is 27.3 Å². The number of sulfonamides is 1. The second-order valence-electron chi connectivity index (χ2n) is 5.42. The maximum absolute atomic E-state index is 13.6. The fourth-order valence-electron chi connectivity index (χ4n) is 2.19. The summed E-state index contributed by atoms with van der Waals surface area (Å²) in [5, 5.41) is 14.0. The lowest BCUT2D eigenvalue weighted by atomic mass is 10.4. The monoisotopic (exact) mass is 388 g/mol. The van der Waals surface area contributed by atoms with Crippen LogP contribution in [0.4, 0.5) is 21.7 Å². The van der Waals surface area contributed by atoms with Crippen LogP contribution in [0, 0.1) is 5.82 Å². The van der Waals surface area contributed by atoms with Gasteiger partial charge in [-0.3, -0.25) is 4.98 Å². The van der Waals surface area contributed by atoms with E-state index in [2.05, 4.69) is 30.5 Å². The van der Waals surface area contributed by atoms with Crippen LogP contribution in [0.2, 0.25) is 0 Å². The molecule has 27 heavy (non-hydrogen) atoms. The minimum atomic E-state index is -3.90. The van der Waals surface area contributed by atoms with Gasteiger partial charge in [0.05, 0.1) is 0 Å². The number of anilines is 3. The van der Waals surface area contributed by atoms with Crippen molar-refractivity contribution in [2.45, 2.75) is 4.90 Å². The zero-order valence-corrected chi connectivity index (χ0v) is 14.9. The van der Waals surface area contributed by atoms with Gasteiger partial charge in [-0.05, 0) is 36.4 Å². The van der Waals surface area contributed by atoms with Gasteiger partial charge in [-0.2, -0.15) is 0 Å². The van der Waals surface area contributed by atoms with Crippen molar-refractivity contribution in [2.24, 2.45) is 0 Å². The lowest BCUT2D eigenvalue weighted by Gasteiger charge is -2.09. The molecule has 2 aromatic heterocycles. The molecule has 0 fully saturated rings. The molecule has 8 nitrogen and oxygen atoms in total. The molecule has 0 amide bonds. The number of nitrogens with one attached hydrogen (secondary N) is 3. The van der Waals surface area contributed by atoms with E-state index in [1.54, 1.807) is 36.7 Å². The second kappa shape index (κ2) is 8.52. The Hall–Kier alpha value is -3.11. The van der Waals surface area contributed by atoms with Crippen LogP contribution in [0.15, 0.2) is 65.8 Å². The number of aromatic nitrogens is 3. The summed E-state index contributed by atoms with van der Waals surface area (Å²) in [7, 11) is -3.90. The van der Waals surface area contributed by atoms with Gasteiger partial charge in [0, 0.05) is 31.2 Å². The Kier molecular flexibility index (Phi) is 5.89. The van der Waals surface area contributed by atoms with Gasteiger partial charge in [0.1, 0.15) is 16.5 Å². The lowest BCUT2D eigenvalue weighted by molar-refractivity contribution is 0.558. The van der Waals surface area contributed by atoms with E-state index in [9.17, 15) is 12.8 Å². The highest BCUT2D eigenvalue weighted by molar-refractivity contribution is 7.89. The SMILES string of the molecule is O=S(=O)(NCCNc1ccc(Nc2ccncc2)nn1)c1ccccc1F. The van der Waals surface area contributed by atoms with Crippen LogP contribution in [-0.4, -0.2) is 36.7 Å². The van der Waals surface area contributed by atoms with Crippen LogP contribution < -0.4 is 15.4 Å². The summed E-state index contributed by atoms with van der Waals surface area (Å²) in [5.41, 5.74) is 0.836. The van der Waals surface area contributed by atoms with Crippen molar-refractivity contribution in [3.8, 4) is 0 Å². The van der Waals surface area contributed by atoms with Crippen molar-refractivity contribution in [3.63, 3.8) is 0 Å². The predicted octanol–water partition coefficient (Wildman–Crippen LogP) is 2.14. The van der Waals surface area contributed by atoms with Gasteiger partial charge in [0.15, 0.2) is 5.82 Å². The Morgan fingerprint density at radius 3 is 2.30 bits per heavy atom. The first-order valence-corrected chi connectivity index (χ1v) is 9.52. The van der Waals surface area contributed by atoms with Gasteiger partial charge in [-0.15, -0.1) is 10.2 Å². The van der Waals surface area contributed by atoms with Crippen molar-refractivity contribution in [1.82, 2.24) is 19.9 Å². The van der Waals surface area contributed by atoms with Gasteiger partial charge in [0.2, 0.25) is 10.0 Å². The Bertz CT molecular complexity index is 984. The Morgan fingerprint density at radius 2 is 1.59 bits per heavy atom. The summed E-state index contributed by atoms with van der Waals surface area (Å²) in [6.07, 6.45) is 3.32. The first-order valence-electron chi connectivity index (χ1n) is 8.03. The normalized spacial score (nSPS) is 11.1. The van der Waals surface area contributed by atoms with Gasteiger partial charge in [-0.1, -0.05) is 12.1 Å². The minimum Gasteiger partial charge on any atom is -0.367 e. The maximum atomic E-state index is 13.6. The topological polar surface area (TPSA) is 109 Å². The lowest BCUT2D eigenvalue weighted by Crippen LogP contribution is -2.29. The molecule has 0 bridgehead atoms. The molecule has 2 heterocycles. The third kappa shape index (κ3) is 5.19. The van der Waals surface area contributed by atoms with E-state index in [0.717, 1.165) is 11.8 Å². The summed E-state index contributed by atoms with van der Waals surface area (Å²) in [5.74, 6) is 0.258. The van der Waals surface area contributed by atoms with Crippen LogP contribution in [0.25, 0.3) is 0 Å². The first kappa shape index (κ1) is 18.7. The molecule has 140 valence electrons. The van der Waals surface area contributed by atoms with Crippen LogP contribution in [0.1, 0.15) is 0 Å². The van der Waals surface area contributed by atoms with E-state index in [-0.39, 0.29) is 18.0 Å². The molecule has 10 heteroatoms. The maximum Gasteiger partial charge on any atom is 0.243 e. The third-order valence-electron chi connectivity index (χ3n) is 3.47. The molecule has 0 saturated heterocycles. The predicted molar refractivity (Wildman–Crippen MR) is 99.6 cm³/mol. The van der Waals surface area contributed by atoms with E-state index >= 15 is 0 Å². The summed E-state index contributed by atoms with van der Waals surface area (Å²) in [6.45, 7) is 0.328. The highest BCUT2D eigenvalue weighted by Crippen LogP contribution is 2.14. The van der Waals surface area contributed by atoms with E-state index in [0.29, 0.717) is 11.6 Å². The summed E-state index contributed by atoms with van der Waals surface area (Å²) in [4.78, 5) is 3.55. The highest BCUT2D eigenvalue weighted by atomic mass is 32.2. The standard InChI is InChI=1S/C17H17FN6O2S/c18-14-3-1-2-4-15(14)27(25,26)21-12-11-20-16-5-6-17(24-23-16)22-13-7-9-19-10-8-13/h1-10,21H,11-12H2,(H,20,23)(H,19,22,24). The fourth-order valence-corrected chi connectivity index (χ4v) is 3.30. The molecule has 0 saturated carbocycles. The molecule has 1 aromatic carbocycles. The average molecular weight is 388 g/mol. The van der Waals surface area contributed by atoms with Gasteiger partial charge < -0.3 is 10.6 Å². The van der Waals surface area contributed by atoms with Crippen LogP contribution in [0.3, 0.4) is 0 Å². The van der Waals surface area contributed by atoms with Crippen molar-refractivity contribution in [3.05, 3.63) is 66.7 Å². The number of pyridine rings is 1. The first-order chi connectivity index (χ1) is 13.0. The van der Waals surface area contributed by atoms with Crippen LogP contribution in [-0.2, 0) is 10.0 Å². The van der Waals surface area contributed by atoms with E-state index in [1.807, 2.05) is 0 Å². The molecule has 3 rings (SSSR count). The Morgan fingerprint density at radius 1 is 0.889 bits per heavy atom. The smallest absolute Gasteiger partial charge is 0.243 e. The van der Waals surface area contributed by atoms with E-state index in [4.69, 9.17) is 0 Å². The third-order valence-corrected chi connectivity index (χ3v) is 4.96. The van der Waals surface area contributed by atoms with Gasteiger partial charge in [-0.25, -0.2) is 17.5 Å². The number of hydrogen-bond donors (Lipinski definition) is 3. The zero-order chi connectivity index (χ0) is 19.1. The van der Waals surface area contributed by atoms with Crippen LogP contribution in [0.5, 0.6) is 0 Å². The molecule has 0 radical (unpaired) electrons. The average Bonchev–Trinajstić information content (AvgIpc) is 2.67. The molecule has 3 aromatic rings. The summed E-state index contributed by atoms with van der Waals surface area (Å²) >= 11 is 0. The molecule has 0 aliphatic rings. The molecule has 0 atom stereocenters. The number of rotatable bonds is 8. The fraction of sp³-hybridized carbons (Fsp3) is 0.118. The van der Waals surface area contributed by atoms with E-state index < -0.39 is 15.8 Å². The minimum absolute atomic E-state index is 0.0648. The number of nitrogens with zero attached hydrogens (tertiary/aromatic N) is 3. The molecule has 0 spiro atoms. The Labute approximate surface area is 155 Å².